The molecule has 2 aliphatic heterocycles. The monoisotopic (exact) mass is 436 g/mol. The summed E-state index contributed by atoms with van der Waals surface area (Å²) in [4.78, 5) is 60.6. The molecule has 2 aliphatic rings. The molecule has 4 rings (SSSR count). The van der Waals surface area contributed by atoms with Crippen molar-refractivity contribution in [2.75, 3.05) is 20.2 Å². The van der Waals surface area contributed by atoms with E-state index in [1.807, 2.05) is 13.8 Å². The molecule has 0 spiro atoms. The molecule has 2 aromatic carbocycles. The third-order valence-corrected chi connectivity index (χ3v) is 5.23. The van der Waals surface area contributed by atoms with E-state index in [2.05, 4.69) is 0 Å². The Morgan fingerprint density at radius 3 is 1.41 bits per heavy atom. The van der Waals surface area contributed by atoms with Crippen molar-refractivity contribution in [1.29, 1.82) is 0 Å². The number of methoxy groups -OCH3 is 1. The van der Waals surface area contributed by atoms with Crippen molar-refractivity contribution < 1.29 is 28.7 Å². The molecule has 166 valence electrons. The average Bonchev–Trinajstić information content (AvgIpc) is 3.15. The molecular weight excluding hydrogens is 412 g/mol. The lowest BCUT2D eigenvalue weighted by Crippen LogP contribution is -2.43. The SMILES string of the molecule is CC(=O)CN1C(=O)c2ccccc2C1=O.COC(C)(C)CN1C(=O)c2ccccc2C1=O. The molecule has 0 saturated heterocycles. The number of carbonyl (C=O) groups excluding carboxylic acids is 5. The number of rotatable bonds is 5. The summed E-state index contributed by atoms with van der Waals surface area (Å²) in [5.41, 5.74) is 1.18. The Bertz CT molecular complexity index is 1050. The highest BCUT2D eigenvalue weighted by Crippen LogP contribution is 2.25. The van der Waals surface area contributed by atoms with Gasteiger partial charge in [0.05, 0.1) is 40.9 Å². The number of benzene rings is 2. The van der Waals surface area contributed by atoms with E-state index in [9.17, 15) is 24.0 Å². The third kappa shape index (κ3) is 4.36. The van der Waals surface area contributed by atoms with Crippen molar-refractivity contribution >= 4 is 29.4 Å². The molecule has 0 N–H and O–H groups in total. The van der Waals surface area contributed by atoms with Crippen molar-refractivity contribution in [2.24, 2.45) is 0 Å². The molecule has 0 aliphatic carbocycles. The van der Waals surface area contributed by atoms with E-state index in [0.717, 1.165) is 4.90 Å². The number of carbonyl (C=O) groups is 5. The van der Waals surface area contributed by atoms with E-state index < -0.39 is 5.60 Å². The average molecular weight is 436 g/mol. The molecule has 8 nitrogen and oxygen atoms in total. The van der Waals surface area contributed by atoms with Crippen molar-refractivity contribution in [3.05, 3.63) is 70.8 Å². The molecule has 0 unspecified atom stereocenters. The van der Waals surface area contributed by atoms with Crippen molar-refractivity contribution in [3.8, 4) is 0 Å². The highest BCUT2D eigenvalue weighted by molar-refractivity contribution is 6.22. The van der Waals surface area contributed by atoms with Gasteiger partial charge in [0.1, 0.15) is 5.78 Å². The van der Waals surface area contributed by atoms with Crippen LogP contribution >= 0.6 is 0 Å². The zero-order chi connectivity index (χ0) is 23.6. The first-order valence-corrected chi connectivity index (χ1v) is 10.0. The van der Waals surface area contributed by atoms with Crippen LogP contribution in [0.4, 0.5) is 0 Å². The van der Waals surface area contributed by atoms with Crippen LogP contribution in [0.5, 0.6) is 0 Å². The van der Waals surface area contributed by atoms with Crippen LogP contribution in [0, 0.1) is 0 Å². The predicted octanol–water partition coefficient (Wildman–Crippen LogP) is 2.58. The van der Waals surface area contributed by atoms with E-state index in [4.69, 9.17) is 4.74 Å². The second-order valence-corrected chi connectivity index (χ2v) is 8.15. The molecule has 0 atom stereocenters. The molecule has 32 heavy (non-hydrogen) atoms. The van der Waals surface area contributed by atoms with E-state index in [1.54, 1.807) is 55.6 Å². The van der Waals surface area contributed by atoms with Crippen LogP contribution in [-0.4, -0.2) is 65.0 Å². The highest BCUT2D eigenvalue weighted by atomic mass is 16.5. The zero-order valence-corrected chi connectivity index (χ0v) is 18.4. The molecule has 2 heterocycles. The van der Waals surface area contributed by atoms with Crippen LogP contribution in [0.25, 0.3) is 0 Å². The minimum absolute atomic E-state index is 0.146. The van der Waals surface area contributed by atoms with Gasteiger partial charge >= 0.3 is 0 Å². The lowest BCUT2D eigenvalue weighted by molar-refractivity contribution is -0.117. The molecule has 0 aromatic heterocycles. The second-order valence-electron chi connectivity index (χ2n) is 8.15. The van der Waals surface area contributed by atoms with Crippen LogP contribution in [0.15, 0.2) is 48.5 Å². The van der Waals surface area contributed by atoms with Gasteiger partial charge in [0, 0.05) is 7.11 Å². The van der Waals surface area contributed by atoms with Crippen LogP contribution < -0.4 is 0 Å². The number of imide groups is 2. The number of hydrogen-bond acceptors (Lipinski definition) is 6. The maximum Gasteiger partial charge on any atom is 0.261 e. The maximum absolute atomic E-state index is 12.1. The maximum atomic E-state index is 12.1. The van der Waals surface area contributed by atoms with Gasteiger partial charge in [0.2, 0.25) is 0 Å². The van der Waals surface area contributed by atoms with Gasteiger partial charge in [-0.25, -0.2) is 0 Å². The fraction of sp³-hybridized carbons (Fsp3) is 0.292. The Morgan fingerprint density at radius 1 is 0.750 bits per heavy atom. The summed E-state index contributed by atoms with van der Waals surface area (Å²) < 4.78 is 5.25. The summed E-state index contributed by atoms with van der Waals surface area (Å²) >= 11 is 0. The summed E-state index contributed by atoms with van der Waals surface area (Å²) in [5, 5.41) is 0. The minimum atomic E-state index is -0.534. The first kappa shape index (κ1) is 23.0. The third-order valence-electron chi connectivity index (χ3n) is 5.23. The lowest BCUT2D eigenvalue weighted by Gasteiger charge is -2.27. The molecule has 8 heteroatoms. The van der Waals surface area contributed by atoms with Gasteiger partial charge in [-0.2, -0.15) is 0 Å². The summed E-state index contributed by atoms with van der Waals surface area (Å²) in [6.07, 6.45) is 0. The Morgan fingerprint density at radius 2 is 1.09 bits per heavy atom. The normalized spacial score (nSPS) is 14.9. The summed E-state index contributed by atoms with van der Waals surface area (Å²) in [5.74, 6) is -1.45. The minimum Gasteiger partial charge on any atom is -0.377 e. The number of ether oxygens (including phenoxy) is 1. The van der Waals surface area contributed by atoms with Gasteiger partial charge in [0.25, 0.3) is 23.6 Å². The second kappa shape index (κ2) is 8.84. The summed E-state index contributed by atoms with van der Waals surface area (Å²) in [6.45, 7) is 5.15. The number of fused-ring (bicyclic) bond motifs is 2. The van der Waals surface area contributed by atoms with Crippen molar-refractivity contribution in [3.63, 3.8) is 0 Å². The Balaban J connectivity index is 0.000000182. The summed E-state index contributed by atoms with van der Waals surface area (Å²) in [7, 11) is 1.57. The van der Waals surface area contributed by atoms with E-state index in [0.29, 0.717) is 22.3 Å². The van der Waals surface area contributed by atoms with Crippen molar-refractivity contribution in [1.82, 2.24) is 9.80 Å². The fourth-order valence-corrected chi connectivity index (χ4v) is 3.43. The molecular formula is C24H24N2O6. The van der Waals surface area contributed by atoms with Crippen LogP contribution in [-0.2, 0) is 9.53 Å². The number of hydrogen-bond donors (Lipinski definition) is 0. The van der Waals surface area contributed by atoms with E-state index in [1.165, 1.54) is 11.8 Å². The topological polar surface area (TPSA) is 101 Å². The van der Waals surface area contributed by atoms with Gasteiger partial charge < -0.3 is 4.74 Å². The molecule has 0 bridgehead atoms. The lowest BCUT2D eigenvalue weighted by atomic mass is 10.1. The van der Waals surface area contributed by atoms with Gasteiger partial charge in [-0.3, -0.25) is 33.8 Å². The number of amides is 4. The first-order chi connectivity index (χ1) is 15.1. The fourth-order valence-electron chi connectivity index (χ4n) is 3.43. The largest absolute Gasteiger partial charge is 0.377 e. The van der Waals surface area contributed by atoms with Gasteiger partial charge in [0.15, 0.2) is 0 Å². The first-order valence-electron chi connectivity index (χ1n) is 10.0. The smallest absolute Gasteiger partial charge is 0.261 e. The quantitative estimate of drug-likeness (QED) is 0.668. The molecule has 0 saturated carbocycles. The summed E-state index contributed by atoms with van der Waals surface area (Å²) in [6, 6.07) is 13.4. The highest BCUT2D eigenvalue weighted by Gasteiger charge is 2.38. The van der Waals surface area contributed by atoms with E-state index in [-0.39, 0.29) is 42.5 Å². The van der Waals surface area contributed by atoms with E-state index >= 15 is 0 Å². The Labute approximate surface area is 185 Å². The Kier molecular flexibility index (Phi) is 6.36. The van der Waals surface area contributed by atoms with Crippen LogP contribution in [0.2, 0.25) is 0 Å². The van der Waals surface area contributed by atoms with Crippen LogP contribution in [0.3, 0.4) is 0 Å². The number of Topliss-reactive ketones (excluding diaryl/α,β-unsaturated/α-hetero) is 1. The molecule has 2 aromatic rings. The Hall–Kier alpha value is -3.65. The number of nitrogens with zero attached hydrogens (tertiary/aromatic N) is 2. The van der Waals surface area contributed by atoms with Gasteiger partial charge in [-0.15, -0.1) is 0 Å². The van der Waals surface area contributed by atoms with Gasteiger partial charge in [-0.05, 0) is 45.0 Å². The van der Waals surface area contributed by atoms with Crippen molar-refractivity contribution in [2.45, 2.75) is 26.4 Å². The molecule has 0 fully saturated rings. The molecule has 4 amide bonds. The molecule has 0 radical (unpaired) electrons. The zero-order valence-electron chi connectivity index (χ0n) is 18.4. The van der Waals surface area contributed by atoms with Crippen LogP contribution in [0.1, 0.15) is 62.2 Å². The predicted molar refractivity (Wildman–Crippen MR) is 115 cm³/mol. The number of ketones is 1. The standard InChI is InChI=1S/C13H15NO3.C11H9NO3/c1-13(2,17-3)8-14-11(15)9-6-4-5-7-10(9)12(14)16;1-7(13)6-12-10(14)8-4-2-3-5-9(8)11(12)15/h4-7H,8H2,1-3H3;2-5H,6H2,1H3. The van der Waals surface area contributed by atoms with Gasteiger partial charge in [-0.1, -0.05) is 24.3 Å².